The molecule has 0 unspecified atom stereocenters. The number of thiazole rings is 1. The van der Waals surface area contributed by atoms with E-state index < -0.39 is 0 Å². The number of anilines is 2. The van der Waals surface area contributed by atoms with E-state index in [1.165, 1.54) is 18.3 Å². The van der Waals surface area contributed by atoms with Crippen molar-refractivity contribution < 1.29 is 23.8 Å². The highest BCUT2D eigenvalue weighted by Gasteiger charge is 2.20. The Bertz CT molecular complexity index is 1140. The third-order valence-electron chi connectivity index (χ3n) is 5.33. The van der Waals surface area contributed by atoms with E-state index in [1.807, 2.05) is 50.2 Å². The minimum Gasteiger partial charge on any atom is -0.493 e. The van der Waals surface area contributed by atoms with Gasteiger partial charge in [0, 0.05) is 18.7 Å². The van der Waals surface area contributed by atoms with Crippen LogP contribution in [0.25, 0.3) is 0 Å². The molecule has 0 spiro atoms. The van der Waals surface area contributed by atoms with Gasteiger partial charge in [0.25, 0.3) is 0 Å². The molecule has 0 saturated carbocycles. The number of aromatic nitrogens is 1. The van der Waals surface area contributed by atoms with E-state index in [9.17, 15) is 9.59 Å². The minimum atomic E-state index is -0.340. The molecule has 1 aromatic heterocycles. The summed E-state index contributed by atoms with van der Waals surface area (Å²) in [5.41, 5.74) is 4.38. The monoisotopic (exact) mass is 468 g/mol. The lowest BCUT2D eigenvalue weighted by Gasteiger charge is -2.21. The lowest BCUT2D eigenvalue weighted by atomic mass is 10.1. The molecule has 2 aromatic carbocycles. The van der Waals surface area contributed by atoms with Crippen molar-refractivity contribution in [1.82, 2.24) is 4.98 Å². The normalized spacial score (nSPS) is 10.6. The average molecular weight is 469 g/mol. The number of esters is 1. The molecule has 174 valence electrons. The molecule has 1 amide bonds. The second kappa shape index (κ2) is 11.0. The van der Waals surface area contributed by atoms with Crippen molar-refractivity contribution in [1.29, 1.82) is 0 Å². The molecule has 0 N–H and O–H groups in total. The number of carbonyl (C=O) groups excluding carboxylic acids is 2. The van der Waals surface area contributed by atoms with Crippen LogP contribution in [0.1, 0.15) is 35.7 Å². The van der Waals surface area contributed by atoms with Crippen LogP contribution in [-0.4, -0.2) is 31.1 Å². The molecule has 1 heterocycles. The molecule has 0 aliphatic carbocycles. The molecule has 3 rings (SSSR count). The van der Waals surface area contributed by atoms with Crippen molar-refractivity contribution in [3.8, 4) is 11.5 Å². The fraction of sp³-hybridized carbons (Fsp3) is 0.320. The Morgan fingerprint density at radius 2 is 1.82 bits per heavy atom. The maximum absolute atomic E-state index is 12.4. The highest BCUT2D eigenvalue weighted by molar-refractivity contribution is 7.14. The van der Waals surface area contributed by atoms with Gasteiger partial charge in [-0.15, -0.1) is 11.3 Å². The van der Waals surface area contributed by atoms with E-state index >= 15 is 0 Å². The Hall–Kier alpha value is -3.39. The number of benzene rings is 2. The first-order valence-corrected chi connectivity index (χ1v) is 11.4. The Morgan fingerprint density at radius 1 is 1.06 bits per heavy atom. The van der Waals surface area contributed by atoms with Gasteiger partial charge in [-0.3, -0.25) is 14.5 Å². The number of aryl methyl sites for hydroxylation is 2. The Labute approximate surface area is 197 Å². The number of rotatable bonds is 9. The van der Waals surface area contributed by atoms with Gasteiger partial charge in [-0.25, -0.2) is 4.98 Å². The summed E-state index contributed by atoms with van der Waals surface area (Å²) in [6.45, 7) is 5.54. The summed E-state index contributed by atoms with van der Waals surface area (Å²) in [6.07, 6.45) is 0.662. The zero-order valence-electron chi connectivity index (χ0n) is 19.5. The first kappa shape index (κ1) is 24.3. The maximum Gasteiger partial charge on any atom is 0.306 e. The fourth-order valence-electron chi connectivity index (χ4n) is 3.46. The van der Waals surface area contributed by atoms with Crippen LogP contribution in [0.4, 0.5) is 10.8 Å². The number of ether oxygens (including phenoxy) is 3. The Balaban J connectivity index is 1.63. The minimum absolute atomic E-state index is 0.0448. The summed E-state index contributed by atoms with van der Waals surface area (Å²) in [7, 11) is 3.15. The molecule has 33 heavy (non-hydrogen) atoms. The van der Waals surface area contributed by atoms with Gasteiger partial charge in [-0.1, -0.05) is 24.3 Å². The van der Waals surface area contributed by atoms with E-state index in [1.54, 1.807) is 24.5 Å². The predicted molar refractivity (Wildman–Crippen MR) is 129 cm³/mol. The van der Waals surface area contributed by atoms with Crippen LogP contribution in [0.3, 0.4) is 0 Å². The zero-order valence-corrected chi connectivity index (χ0v) is 20.3. The van der Waals surface area contributed by atoms with Crippen LogP contribution < -0.4 is 14.4 Å². The number of hydrogen-bond acceptors (Lipinski definition) is 7. The molecule has 0 atom stereocenters. The molecular weight excluding hydrogens is 440 g/mol. The van der Waals surface area contributed by atoms with Crippen molar-refractivity contribution >= 4 is 34.0 Å². The van der Waals surface area contributed by atoms with Gasteiger partial charge in [0.2, 0.25) is 5.91 Å². The molecular formula is C25H28N2O5S. The summed E-state index contributed by atoms with van der Waals surface area (Å²) in [4.78, 5) is 30.8. The molecule has 0 fully saturated rings. The van der Waals surface area contributed by atoms with Crippen molar-refractivity contribution in [2.45, 2.75) is 40.2 Å². The predicted octanol–water partition coefficient (Wildman–Crippen LogP) is 5.14. The summed E-state index contributed by atoms with van der Waals surface area (Å²) in [5.74, 6) is 0.770. The summed E-state index contributed by atoms with van der Waals surface area (Å²) < 4.78 is 16.1. The lowest BCUT2D eigenvalue weighted by Crippen LogP contribution is -2.23. The van der Waals surface area contributed by atoms with Crippen LogP contribution in [0, 0.1) is 13.8 Å². The van der Waals surface area contributed by atoms with Crippen molar-refractivity contribution in [2.75, 3.05) is 19.1 Å². The third-order valence-corrected chi connectivity index (χ3v) is 6.20. The first-order valence-electron chi connectivity index (χ1n) is 10.5. The number of hydrogen-bond donors (Lipinski definition) is 0. The van der Waals surface area contributed by atoms with Crippen LogP contribution >= 0.6 is 11.3 Å². The van der Waals surface area contributed by atoms with Crippen LogP contribution in [0.2, 0.25) is 0 Å². The largest absolute Gasteiger partial charge is 0.493 e. The molecule has 0 aliphatic heterocycles. The molecule has 0 aliphatic rings. The second-order valence-electron chi connectivity index (χ2n) is 7.51. The first-order chi connectivity index (χ1) is 15.8. The van der Waals surface area contributed by atoms with Gasteiger partial charge in [0.05, 0.1) is 25.6 Å². The van der Waals surface area contributed by atoms with E-state index in [0.29, 0.717) is 28.7 Å². The molecule has 0 radical (unpaired) electrons. The molecule has 7 nitrogen and oxygen atoms in total. The van der Waals surface area contributed by atoms with Gasteiger partial charge in [0.15, 0.2) is 16.6 Å². The topological polar surface area (TPSA) is 78.0 Å². The van der Waals surface area contributed by atoms with Crippen LogP contribution in [-0.2, 0) is 27.4 Å². The van der Waals surface area contributed by atoms with Gasteiger partial charge >= 0.3 is 5.97 Å². The fourth-order valence-corrected chi connectivity index (χ4v) is 4.33. The number of amides is 1. The van der Waals surface area contributed by atoms with E-state index in [-0.39, 0.29) is 24.9 Å². The SMILES string of the molecule is COc1cccc(CCC(=O)OCc2csc(N(C(C)=O)c3cccc(C)c3C)n2)c1OC. The van der Waals surface area contributed by atoms with Gasteiger partial charge in [-0.05, 0) is 49.1 Å². The highest BCUT2D eigenvalue weighted by atomic mass is 32.1. The van der Waals surface area contributed by atoms with Gasteiger partial charge < -0.3 is 14.2 Å². The van der Waals surface area contributed by atoms with Gasteiger partial charge in [0.1, 0.15) is 6.61 Å². The van der Waals surface area contributed by atoms with E-state index in [2.05, 4.69) is 4.98 Å². The van der Waals surface area contributed by atoms with Crippen LogP contribution in [0.15, 0.2) is 41.8 Å². The number of carbonyl (C=O) groups is 2. The summed E-state index contributed by atoms with van der Waals surface area (Å²) in [5, 5.41) is 2.35. The van der Waals surface area contributed by atoms with Crippen molar-refractivity contribution in [2.24, 2.45) is 0 Å². The lowest BCUT2D eigenvalue weighted by molar-refractivity contribution is -0.145. The summed E-state index contributed by atoms with van der Waals surface area (Å²) >= 11 is 1.34. The molecule has 0 saturated heterocycles. The quantitative estimate of drug-likeness (QED) is 0.405. The Morgan fingerprint density at radius 3 is 2.52 bits per heavy atom. The number of para-hydroxylation sites is 1. The van der Waals surface area contributed by atoms with E-state index in [4.69, 9.17) is 14.2 Å². The van der Waals surface area contributed by atoms with Crippen molar-refractivity contribution in [3.63, 3.8) is 0 Å². The maximum atomic E-state index is 12.4. The van der Waals surface area contributed by atoms with Crippen molar-refractivity contribution in [3.05, 3.63) is 64.2 Å². The summed E-state index contributed by atoms with van der Waals surface area (Å²) in [6, 6.07) is 11.4. The second-order valence-corrected chi connectivity index (χ2v) is 8.34. The number of methoxy groups -OCH3 is 2. The Kier molecular flexibility index (Phi) is 8.06. The highest BCUT2D eigenvalue weighted by Crippen LogP contribution is 2.33. The number of nitrogens with zero attached hydrogens (tertiary/aromatic N) is 2. The zero-order chi connectivity index (χ0) is 24.0. The average Bonchev–Trinajstić information content (AvgIpc) is 3.27. The van der Waals surface area contributed by atoms with E-state index in [0.717, 1.165) is 22.4 Å². The van der Waals surface area contributed by atoms with Crippen LogP contribution in [0.5, 0.6) is 11.5 Å². The standard InChI is InChI=1S/C25H28N2O5S/c1-16-8-6-10-21(17(16)2)27(18(3)28)25-26-20(15-33-25)14-32-23(29)13-12-19-9-7-11-22(30-4)24(19)31-5/h6-11,15H,12-14H2,1-5H3. The third kappa shape index (κ3) is 5.70. The molecule has 0 bridgehead atoms. The molecule has 8 heteroatoms. The van der Waals surface area contributed by atoms with Gasteiger partial charge in [-0.2, -0.15) is 0 Å². The molecule has 3 aromatic rings. The smallest absolute Gasteiger partial charge is 0.306 e.